The minimum atomic E-state index is -2.85. The van der Waals surface area contributed by atoms with Gasteiger partial charge in [0.25, 0.3) is 12.9 Å². The maximum absolute atomic E-state index is 12.2. The lowest BCUT2D eigenvalue weighted by Gasteiger charge is -1.98. The predicted octanol–water partition coefficient (Wildman–Crippen LogP) is 3.06. The molecule has 0 unspecified atom stereocenters. The van der Waals surface area contributed by atoms with E-state index in [-0.39, 0.29) is 4.47 Å². The Kier molecular flexibility index (Phi) is 2.94. The zero-order valence-electron chi connectivity index (χ0n) is 6.44. The summed E-state index contributed by atoms with van der Waals surface area (Å²) in [4.78, 5) is 0. The van der Waals surface area contributed by atoms with Crippen molar-refractivity contribution in [2.45, 2.75) is 12.9 Å². The largest absolute Gasteiger partial charge is 0.283 e. The van der Waals surface area contributed by atoms with Crippen LogP contribution in [0.2, 0.25) is 0 Å². The molecule has 13 heavy (non-hydrogen) atoms. The normalized spacial score (nSPS) is 11.7. The quantitative estimate of drug-likeness (QED) is 0.748. The second-order valence-electron chi connectivity index (χ2n) is 2.31. The van der Waals surface area contributed by atoms with Gasteiger partial charge in [-0.2, -0.15) is 5.10 Å². The van der Waals surface area contributed by atoms with Crippen molar-refractivity contribution in [1.29, 1.82) is 0 Å². The van der Waals surface area contributed by atoms with Gasteiger partial charge in [0, 0.05) is 7.05 Å². The molecule has 0 amide bonds. The first kappa shape index (κ1) is 10.5. The average Bonchev–Trinajstić information content (AvgIpc) is 2.26. The molecule has 1 aromatic rings. The summed E-state index contributed by atoms with van der Waals surface area (Å²) in [7, 11) is 1.19. The molecule has 74 valence electrons. The molecule has 0 aliphatic carbocycles. The summed E-state index contributed by atoms with van der Waals surface area (Å²) in [6.07, 6.45) is -5.67. The van der Waals surface area contributed by atoms with Crippen LogP contribution in [0.15, 0.2) is 4.47 Å². The lowest BCUT2D eigenvalue weighted by atomic mass is 10.3. The summed E-state index contributed by atoms with van der Waals surface area (Å²) in [6, 6.07) is 0. The molecule has 0 saturated carbocycles. The molecule has 1 heterocycles. The molecule has 0 bridgehead atoms. The van der Waals surface area contributed by atoms with Crippen LogP contribution in [0.5, 0.6) is 0 Å². The van der Waals surface area contributed by atoms with Crippen molar-refractivity contribution in [2.24, 2.45) is 7.05 Å². The van der Waals surface area contributed by atoms with Crippen LogP contribution in [0.1, 0.15) is 24.2 Å². The summed E-state index contributed by atoms with van der Waals surface area (Å²) >= 11 is 2.66. The summed E-state index contributed by atoms with van der Waals surface area (Å²) in [5.74, 6) is 0. The Bertz CT molecular complexity index is 310. The number of aromatic nitrogens is 2. The molecule has 1 rings (SSSR count). The Morgan fingerprint density at radius 3 is 2.00 bits per heavy atom. The molecule has 7 heteroatoms. The third-order valence-electron chi connectivity index (χ3n) is 1.47. The molecular weight excluding hydrogens is 256 g/mol. The maximum Gasteiger partial charge on any atom is 0.283 e. The monoisotopic (exact) mass is 260 g/mol. The van der Waals surface area contributed by atoms with Crippen LogP contribution >= 0.6 is 15.9 Å². The van der Waals surface area contributed by atoms with Gasteiger partial charge in [0.05, 0.1) is 4.47 Å². The molecule has 2 nitrogen and oxygen atoms in total. The van der Waals surface area contributed by atoms with Gasteiger partial charge in [-0.05, 0) is 15.9 Å². The number of nitrogens with zero attached hydrogens (tertiary/aromatic N) is 2. The highest BCUT2D eigenvalue weighted by atomic mass is 79.9. The lowest BCUT2D eigenvalue weighted by Crippen LogP contribution is -1.98. The van der Waals surface area contributed by atoms with Gasteiger partial charge >= 0.3 is 0 Å². The van der Waals surface area contributed by atoms with Crippen LogP contribution in [-0.4, -0.2) is 9.78 Å². The number of hydrogen-bond acceptors (Lipinski definition) is 1. The van der Waals surface area contributed by atoms with Gasteiger partial charge < -0.3 is 0 Å². The minimum Gasteiger partial charge on any atom is -0.265 e. The van der Waals surface area contributed by atoms with E-state index in [9.17, 15) is 17.6 Å². The summed E-state index contributed by atoms with van der Waals surface area (Å²) in [5.41, 5.74) is -1.19. The number of rotatable bonds is 2. The zero-order valence-corrected chi connectivity index (χ0v) is 8.02. The molecule has 0 radical (unpaired) electrons. The number of alkyl halides is 4. The van der Waals surface area contributed by atoms with Crippen LogP contribution in [0.25, 0.3) is 0 Å². The fourth-order valence-electron chi connectivity index (χ4n) is 0.909. The minimum absolute atomic E-state index is 0.319. The van der Waals surface area contributed by atoms with Crippen molar-refractivity contribution in [1.82, 2.24) is 9.78 Å². The molecule has 0 saturated heterocycles. The molecule has 0 spiro atoms. The fraction of sp³-hybridized carbons (Fsp3) is 0.500. The Balaban J connectivity index is 3.22. The molecule has 0 aromatic carbocycles. The Morgan fingerprint density at radius 1 is 1.23 bits per heavy atom. The average molecular weight is 261 g/mol. The Hall–Kier alpha value is -0.590. The molecule has 0 N–H and O–H groups in total. The van der Waals surface area contributed by atoms with E-state index in [4.69, 9.17) is 0 Å². The molecule has 0 atom stereocenters. The highest BCUT2D eigenvalue weighted by molar-refractivity contribution is 9.10. The second kappa shape index (κ2) is 3.65. The Labute approximate surface area is 79.7 Å². The number of halogens is 5. The fourth-order valence-corrected chi connectivity index (χ4v) is 1.59. The van der Waals surface area contributed by atoms with Crippen LogP contribution in [-0.2, 0) is 7.05 Å². The SMILES string of the molecule is Cn1nc(C(F)F)c(Br)c1C(F)F. The van der Waals surface area contributed by atoms with E-state index in [1.54, 1.807) is 0 Å². The van der Waals surface area contributed by atoms with Gasteiger partial charge in [-0.3, -0.25) is 4.68 Å². The zero-order chi connectivity index (χ0) is 10.2. The van der Waals surface area contributed by atoms with Crippen LogP contribution in [0.4, 0.5) is 17.6 Å². The van der Waals surface area contributed by atoms with Crippen molar-refractivity contribution < 1.29 is 17.6 Å². The summed E-state index contributed by atoms with van der Waals surface area (Å²) in [5, 5.41) is 3.27. The van der Waals surface area contributed by atoms with E-state index in [1.165, 1.54) is 7.05 Å². The van der Waals surface area contributed by atoms with Crippen molar-refractivity contribution in [2.75, 3.05) is 0 Å². The first-order valence-corrected chi connectivity index (χ1v) is 4.03. The van der Waals surface area contributed by atoms with Crippen molar-refractivity contribution >= 4 is 15.9 Å². The molecule has 0 aliphatic rings. The highest BCUT2D eigenvalue weighted by Gasteiger charge is 2.25. The van der Waals surface area contributed by atoms with Crippen LogP contribution in [0.3, 0.4) is 0 Å². The number of aryl methyl sites for hydroxylation is 1. The van der Waals surface area contributed by atoms with Gasteiger partial charge in [-0.15, -0.1) is 0 Å². The van der Waals surface area contributed by atoms with Gasteiger partial charge in [0.1, 0.15) is 11.4 Å². The third kappa shape index (κ3) is 1.84. The maximum atomic E-state index is 12.2. The Morgan fingerprint density at radius 2 is 1.77 bits per heavy atom. The molecule has 0 fully saturated rings. The van der Waals surface area contributed by atoms with Crippen molar-refractivity contribution in [3.05, 3.63) is 15.9 Å². The lowest BCUT2D eigenvalue weighted by molar-refractivity contribution is 0.140. The van der Waals surface area contributed by atoms with Gasteiger partial charge in [-0.25, -0.2) is 17.6 Å². The third-order valence-corrected chi connectivity index (χ3v) is 2.28. The van der Waals surface area contributed by atoms with Crippen molar-refractivity contribution in [3.63, 3.8) is 0 Å². The summed E-state index contributed by atoms with van der Waals surface area (Å²) < 4.78 is 49.2. The van der Waals surface area contributed by atoms with E-state index in [0.29, 0.717) is 0 Å². The van der Waals surface area contributed by atoms with E-state index in [2.05, 4.69) is 21.0 Å². The van der Waals surface area contributed by atoms with E-state index >= 15 is 0 Å². The standard InChI is InChI=1S/C6H5BrF4N2/c1-13-4(6(10)11)2(7)3(12-13)5(8)9/h5-6H,1H3. The molecule has 0 aliphatic heterocycles. The van der Waals surface area contributed by atoms with Gasteiger partial charge in [-0.1, -0.05) is 0 Å². The topological polar surface area (TPSA) is 17.8 Å². The smallest absolute Gasteiger partial charge is 0.265 e. The predicted molar refractivity (Wildman–Crippen MR) is 40.8 cm³/mol. The molecular formula is C6H5BrF4N2. The summed E-state index contributed by atoms with van der Waals surface area (Å²) in [6.45, 7) is 0. The van der Waals surface area contributed by atoms with Crippen molar-refractivity contribution in [3.8, 4) is 0 Å². The first-order chi connectivity index (χ1) is 5.95. The highest BCUT2D eigenvalue weighted by Crippen LogP contribution is 2.34. The van der Waals surface area contributed by atoms with E-state index < -0.39 is 24.2 Å². The van der Waals surface area contributed by atoms with Crippen LogP contribution in [0, 0.1) is 0 Å². The van der Waals surface area contributed by atoms with E-state index in [1.807, 2.05) is 0 Å². The van der Waals surface area contributed by atoms with Crippen LogP contribution < -0.4 is 0 Å². The van der Waals surface area contributed by atoms with Gasteiger partial charge in [0.2, 0.25) is 0 Å². The first-order valence-electron chi connectivity index (χ1n) is 3.23. The second-order valence-corrected chi connectivity index (χ2v) is 3.10. The number of hydrogen-bond donors (Lipinski definition) is 0. The van der Waals surface area contributed by atoms with Gasteiger partial charge in [0.15, 0.2) is 0 Å². The van der Waals surface area contributed by atoms with E-state index in [0.717, 1.165) is 4.68 Å². The molecule has 1 aromatic heterocycles.